The normalized spacial score (nSPS) is 11.8. The van der Waals surface area contributed by atoms with E-state index in [1.54, 1.807) is 31.1 Å². The summed E-state index contributed by atoms with van der Waals surface area (Å²) in [4.78, 5) is 27.2. The predicted octanol–water partition coefficient (Wildman–Crippen LogP) is 4.52. The fraction of sp³-hybridized carbons (Fsp3) is 0.391. The summed E-state index contributed by atoms with van der Waals surface area (Å²) in [5.41, 5.74) is 2.04. The number of ether oxygens (including phenoxy) is 1. The number of carbonyl (C=O) groups excluding carboxylic acids is 2. The Morgan fingerprint density at radius 1 is 1.03 bits per heavy atom. The average molecular weight is 449 g/mol. The maximum Gasteiger partial charge on any atom is 0.242 e. The first-order valence-electron chi connectivity index (χ1n) is 9.85. The highest BCUT2D eigenvalue weighted by Gasteiger charge is 2.26. The van der Waals surface area contributed by atoms with Crippen molar-refractivity contribution in [2.75, 3.05) is 12.9 Å². The van der Waals surface area contributed by atoms with E-state index in [1.165, 1.54) is 11.8 Å². The molecule has 7 heteroatoms. The van der Waals surface area contributed by atoms with Crippen LogP contribution in [0.3, 0.4) is 0 Å². The van der Waals surface area contributed by atoms with Crippen LogP contribution < -0.4 is 10.1 Å². The van der Waals surface area contributed by atoms with Gasteiger partial charge in [-0.05, 0) is 56.2 Å². The molecule has 0 bridgehead atoms. The monoisotopic (exact) mass is 448 g/mol. The van der Waals surface area contributed by atoms with Gasteiger partial charge in [0, 0.05) is 23.4 Å². The summed E-state index contributed by atoms with van der Waals surface area (Å²) in [6.45, 7) is 5.92. The van der Waals surface area contributed by atoms with Gasteiger partial charge in [-0.25, -0.2) is 0 Å². The minimum Gasteiger partial charge on any atom is -0.497 e. The zero-order valence-electron chi connectivity index (χ0n) is 17.9. The van der Waals surface area contributed by atoms with Gasteiger partial charge in [-0.2, -0.15) is 0 Å². The molecular formula is C23H29ClN2O3S. The largest absolute Gasteiger partial charge is 0.497 e. The molecule has 2 rings (SSSR count). The highest BCUT2D eigenvalue weighted by atomic mass is 35.5. The highest BCUT2D eigenvalue weighted by Crippen LogP contribution is 2.19. The molecule has 5 nitrogen and oxygen atoms in total. The molecule has 0 saturated carbocycles. The van der Waals surface area contributed by atoms with Crippen molar-refractivity contribution < 1.29 is 14.3 Å². The summed E-state index contributed by atoms with van der Waals surface area (Å²) < 4.78 is 5.17. The third kappa shape index (κ3) is 7.58. The van der Waals surface area contributed by atoms with Crippen LogP contribution in [-0.4, -0.2) is 41.7 Å². The van der Waals surface area contributed by atoms with Gasteiger partial charge in [0.25, 0.3) is 0 Å². The smallest absolute Gasteiger partial charge is 0.242 e. The molecule has 2 aromatic rings. The lowest BCUT2D eigenvalue weighted by molar-refractivity contribution is -0.138. The Morgan fingerprint density at radius 3 is 2.20 bits per heavy atom. The zero-order chi connectivity index (χ0) is 22.1. The van der Waals surface area contributed by atoms with E-state index in [2.05, 4.69) is 5.32 Å². The van der Waals surface area contributed by atoms with Crippen LogP contribution >= 0.6 is 23.4 Å². The second kappa shape index (κ2) is 11.9. The molecule has 1 atom stereocenters. The van der Waals surface area contributed by atoms with Crippen LogP contribution in [0.15, 0.2) is 48.5 Å². The Kier molecular flexibility index (Phi) is 9.53. The van der Waals surface area contributed by atoms with Crippen molar-refractivity contribution in [3.63, 3.8) is 0 Å². The first kappa shape index (κ1) is 24.1. The van der Waals surface area contributed by atoms with Gasteiger partial charge in [-0.15, -0.1) is 11.8 Å². The molecule has 162 valence electrons. The first-order valence-corrected chi connectivity index (χ1v) is 11.4. The fourth-order valence-electron chi connectivity index (χ4n) is 2.84. The molecule has 1 N–H and O–H groups in total. The molecular weight excluding hydrogens is 420 g/mol. The van der Waals surface area contributed by atoms with Crippen molar-refractivity contribution in [2.45, 2.75) is 45.2 Å². The predicted molar refractivity (Wildman–Crippen MR) is 124 cm³/mol. The molecule has 30 heavy (non-hydrogen) atoms. The molecule has 2 aromatic carbocycles. The van der Waals surface area contributed by atoms with E-state index in [1.807, 2.05) is 50.2 Å². The number of benzene rings is 2. The number of rotatable bonds is 10. The van der Waals surface area contributed by atoms with Crippen molar-refractivity contribution in [3.8, 4) is 5.75 Å². The molecule has 0 unspecified atom stereocenters. The summed E-state index contributed by atoms with van der Waals surface area (Å²) in [7, 11) is 1.63. The second-order valence-electron chi connectivity index (χ2n) is 7.33. The van der Waals surface area contributed by atoms with E-state index in [0.717, 1.165) is 16.9 Å². The third-order valence-corrected chi connectivity index (χ3v) is 5.76. The molecule has 0 saturated heterocycles. The third-order valence-electron chi connectivity index (χ3n) is 4.52. The lowest BCUT2D eigenvalue weighted by atomic mass is 10.1. The fourth-order valence-corrected chi connectivity index (χ4v) is 3.83. The molecule has 0 aliphatic carbocycles. The Morgan fingerprint density at radius 2 is 1.63 bits per heavy atom. The number of thioether (sulfide) groups is 1. The number of hydrogen-bond acceptors (Lipinski definition) is 4. The standard InChI is InChI=1S/C23H29ClN2O3S/c1-16(2)25-23(28)17(3)26(13-18-5-9-20(24)10-6-18)22(27)15-30-14-19-7-11-21(29-4)12-8-19/h5-12,16-17H,13-15H2,1-4H3,(H,25,28)/t17-/m1/s1. The van der Waals surface area contributed by atoms with Gasteiger partial charge < -0.3 is 15.0 Å². The van der Waals surface area contributed by atoms with Gasteiger partial charge in [0.15, 0.2) is 0 Å². The zero-order valence-corrected chi connectivity index (χ0v) is 19.4. The van der Waals surface area contributed by atoms with Gasteiger partial charge in [-0.3, -0.25) is 9.59 Å². The van der Waals surface area contributed by atoms with Crippen molar-refractivity contribution in [1.29, 1.82) is 0 Å². The van der Waals surface area contributed by atoms with E-state index in [4.69, 9.17) is 16.3 Å². The van der Waals surface area contributed by atoms with E-state index in [-0.39, 0.29) is 17.9 Å². The number of carbonyl (C=O) groups is 2. The van der Waals surface area contributed by atoms with E-state index < -0.39 is 6.04 Å². The maximum absolute atomic E-state index is 13.0. The summed E-state index contributed by atoms with van der Waals surface area (Å²) in [5.74, 6) is 1.57. The molecule has 0 aromatic heterocycles. The lowest BCUT2D eigenvalue weighted by Gasteiger charge is -2.29. The van der Waals surface area contributed by atoms with Gasteiger partial charge in [0.05, 0.1) is 12.9 Å². The van der Waals surface area contributed by atoms with E-state index in [0.29, 0.717) is 23.1 Å². The summed E-state index contributed by atoms with van der Waals surface area (Å²) >= 11 is 7.50. The van der Waals surface area contributed by atoms with Crippen molar-refractivity contribution in [1.82, 2.24) is 10.2 Å². The molecule has 0 heterocycles. The van der Waals surface area contributed by atoms with Gasteiger partial charge in [0.1, 0.15) is 11.8 Å². The van der Waals surface area contributed by atoms with Crippen LogP contribution in [0.25, 0.3) is 0 Å². The first-order chi connectivity index (χ1) is 14.3. The molecule has 2 amide bonds. The van der Waals surface area contributed by atoms with Gasteiger partial charge >= 0.3 is 0 Å². The van der Waals surface area contributed by atoms with Gasteiger partial charge in [0.2, 0.25) is 11.8 Å². The molecule has 0 radical (unpaired) electrons. The number of hydrogen-bond donors (Lipinski definition) is 1. The molecule has 0 aliphatic rings. The van der Waals surface area contributed by atoms with Crippen molar-refractivity contribution in [2.24, 2.45) is 0 Å². The Bertz CT molecular complexity index is 825. The minimum atomic E-state index is -0.572. The summed E-state index contributed by atoms with van der Waals surface area (Å²) in [6, 6.07) is 14.6. The van der Waals surface area contributed by atoms with Crippen LogP contribution in [-0.2, 0) is 21.9 Å². The van der Waals surface area contributed by atoms with E-state index >= 15 is 0 Å². The SMILES string of the molecule is COc1ccc(CSCC(=O)N(Cc2ccc(Cl)cc2)[C@H](C)C(=O)NC(C)C)cc1. The number of nitrogens with zero attached hydrogens (tertiary/aromatic N) is 1. The van der Waals surface area contributed by atoms with Gasteiger partial charge in [-0.1, -0.05) is 35.9 Å². The van der Waals surface area contributed by atoms with Crippen LogP contribution in [0.1, 0.15) is 31.9 Å². The van der Waals surface area contributed by atoms with E-state index in [9.17, 15) is 9.59 Å². The topological polar surface area (TPSA) is 58.6 Å². The van der Waals surface area contributed by atoms with Crippen LogP contribution in [0.5, 0.6) is 5.75 Å². The minimum absolute atomic E-state index is 0.0110. The maximum atomic E-state index is 13.0. The molecule has 0 aliphatic heterocycles. The van der Waals surface area contributed by atoms with Crippen LogP contribution in [0.2, 0.25) is 5.02 Å². The molecule has 0 spiro atoms. The second-order valence-corrected chi connectivity index (χ2v) is 8.75. The lowest BCUT2D eigenvalue weighted by Crippen LogP contribution is -2.49. The van der Waals surface area contributed by atoms with Crippen LogP contribution in [0, 0.1) is 0 Å². The Balaban J connectivity index is 2.04. The number of halogens is 1. The average Bonchev–Trinajstić information content (AvgIpc) is 2.72. The molecule has 0 fully saturated rings. The number of amides is 2. The Labute approximate surface area is 188 Å². The number of nitrogens with one attached hydrogen (secondary N) is 1. The summed E-state index contributed by atoms with van der Waals surface area (Å²) in [6.07, 6.45) is 0. The van der Waals surface area contributed by atoms with Crippen molar-refractivity contribution in [3.05, 3.63) is 64.7 Å². The van der Waals surface area contributed by atoms with Crippen molar-refractivity contribution >= 4 is 35.2 Å². The quantitative estimate of drug-likeness (QED) is 0.580. The van der Waals surface area contributed by atoms with Crippen LogP contribution in [0.4, 0.5) is 0 Å². The Hall–Kier alpha value is -2.18. The summed E-state index contributed by atoms with van der Waals surface area (Å²) in [5, 5.41) is 3.53. The number of methoxy groups -OCH3 is 1. The highest BCUT2D eigenvalue weighted by molar-refractivity contribution is 7.99.